The summed E-state index contributed by atoms with van der Waals surface area (Å²) in [4.78, 5) is 5.19. The average molecular weight is 621 g/mol. The highest BCUT2D eigenvalue weighted by Gasteiger charge is 2.51. The molecule has 2 heteroatoms. The Morgan fingerprint density at radius 1 is 0.745 bits per heavy atom. The maximum absolute atomic E-state index is 5.19. The summed E-state index contributed by atoms with van der Waals surface area (Å²) < 4.78 is 2.42. The second-order valence-corrected chi connectivity index (χ2v) is 15.2. The molecular formula is C45H52N2. The highest BCUT2D eigenvalue weighted by Crippen LogP contribution is 2.58. The minimum atomic E-state index is 0.183. The van der Waals surface area contributed by atoms with Gasteiger partial charge in [0.25, 0.3) is 0 Å². The Morgan fingerprint density at radius 3 is 2.09 bits per heavy atom. The lowest BCUT2D eigenvalue weighted by atomic mass is 9.83. The summed E-state index contributed by atoms with van der Waals surface area (Å²) in [6.07, 6.45) is 13.4. The van der Waals surface area contributed by atoms with Crippen molar-refractivity contribution in [3.05, 3.63) is 120 Å². The minimum absolute atomic E-state index is 0.183. The zero-order valence-electron chi connectivity index (χ0n) is 29.4. The highest BCUT2D eigenvalue weighted by molar-refractivity contribution is 5.77. The Bertz CT molecular complexity index is 1820. The van der Waals surface area contributed by atoms with Crippen LogP contribution in [0.3, 0.4) is 0 Å². The Labute approximate surface area is 283 Å². The summed E-state index contributed by atoms with van der Waals surface area (Å²) in [5, 5.41) is 0. The molecule has 0 radical (unpaired) electrons. The first-order valence-corrected chi connectivity index (χ1v) is 18.3. The summed E-state index contributed by atoms with van der Waals surface area (Å²) in [5.74, 6) is 3.19. The Morgan fingerprint density at radius 2 is 1.43 bits per heavy atom. The lowest BCUT2D eigenvalue weighted by Gasteiger charge is -2.25. The number of benzene rings is 4. The molecule has 7 rings (SSSR count). The maximum Gasteiger partial charge on any atom is 0.144 e. The molecule has 1 heterocycles. The van der Waals surface area contributed by atoms with Gasteiger partial charge in [-0.25, -0.2) is 4.98 Å². The predicted molar refractivity (Wildman–Crippen MR) is 200 cm³/mol. The maximum atomic E-state index is 5.19. The lowest BCUT2D eigenvalue weighted by Crippen LogP contribution is -2.12. The number of hydrogen-bond donors (Lipinski definition) is 0. The van der Waals surface area contributed by atoms with E-state index in [1.165, 1.54) is 101 Å². The van der Waals surface area contributed by atoms with Crippen LogP contribution in [-0.4, -0.2) is 9.55 Å². The summed E-state index contributed by atoms with van der Waals surface area (Å²) in [5.41, 5.74) is 13.6. The van der Waals surface area contributed by atoms with Crippen LogP contribution in [0.2, 0.25) is 0 Å². The molecular weight excluding hydrogens is 569 g/mol. The molecule has 2 fully saturated rings. The van der Waals surface area contributed by atoms with Crippen LogP contribution in [0, 0.1) is 5.92 Å². The molecule has 0 N–H and O–H groups in total. The quantitative estimate of drug-likeness (QED) is 0.160. The van der Waals surface area contributed by atoms with Crippen LogP contribution >= 0.6 is 0 Å². The first-order valence-electron chi connectivity index (χ1n) is 18.3. The molecule has 4 aromatic carbocycles. The predicted octanol–water partition coefficient (Wildman–Crippen LogP) is 12.9. The van der Waals surface area contributed by atoms with Gasteiger partial charge in [0.15, 0.2) is 0 Å². The largest absolute Gasteiger partial charge is 0.299 e. The molecule has 1 aromatic heterocycles. The van der Waals surface area contributed by atoms with E-state index < -0.39 is 0 Å². The van der Waals surface area contributed by atoms with Crippen LogP contribution in [0.4, 0.5) is 0 Å². The third-order valence-electron chi connectivity index (χ3n) is 11.5. The monoisotopic (exact) mass is 620 g/mol. The molecule has 0 amide bonds. The van der Waals surface area contributed by atoms with E-state index in [0.29, 0.717) is 23.7 Å². The first kappa shape index (κ1) is 31.7. The van der Waals surface area contributed by atoms with E-state index in [1.54, 1.807) is 0 Å². The van der Waals surface area contributed by atoms with Crippen LogP contribution in [-0.2, 0) is 5.41 Å². The summed E-state index contributed by atoms with van der Waals surface area (Å²) >= 11 is 0. The summed E-state index contributed by atoms with van der Waals surface area (Å²) in [6.45, 7) is 14.1. The second-order valence-electron chi connectivity index (χ2n) is 15.2. The van der Waals surface area contributed by atoms with Gasteiger partial charge in [-0.15, -0.1) is 0 Å². The van der Waals surface area contributed by atoms with Gasteiger partial charge in [-0.3, -0.25) is 4.57 Å². The Kier molecular flexibility index (Phi) is 8.73. The standard InChI is InChI=1S/C45H52N2/c1-7-38-29-45(38,6)42-22-21-36(35-20-14-19-34(25-35)32-15-10-8-11-16-32)26-41(42)44-46-23-24-47(44)43-39(30(2)3)27-37(28-40(43)31(4)5)33-17-12-9-13-18-33/h9,12-14,17-28,30-32,38H,7-8,10-11,15-16,29H2,1-6H3/t38-,45?/m0/s1. The second kappa shape index (κ2) is 12.9. The van der Waals surface area contributed by atoms with Crippen molar-refractivity contribution >= 4 is 0 Å². The molecule has 2 aliphatic carbocycles. The van der Waals surface area contributed by atoms with Crippen molar-refractivity contribution in [2.45, 2.75) is 110 Å². The number of imidazole rings is 1. The van der Waals surface area contributed by atoms with Crippen molar-refractivity contribution in [1.82, 2.24) is 9.55 Å². The number of aromatic nitrogens is 2. The Hall–Kier alpha value is -3.91. The molecule has 242 valence electrons. The molecule has 2 nitrogen and oxygen atoms in total. The van der Waals surface area contributed by atoms with Gasteiger partial charge in [-0.1, -0.05) is 134 Å². The molecule has 0 saturated heterocycles. The smallest absolute Gasteiger partial charge is 0.144 e. The van der Waals surface area contributed by atoms with E-state index in [1.807, 2.05) is 6.20 Å². The number of rotatable bonds is 9. The van der Waals surface area contributed by atoms with Crippen molar-refractivity contribution in [3.63, 3.8) is 0 Å². The van der Waals surface area contributed by atoms with Gasteiger partial charge in [0.1, 0.15) is 5.82 Å². The van der Waals surface area contributed by atoms with Gasteiger partial charge in [-0.05, 0) is 111 Å². The first-order chi connectivity index (χ1) is 22.8. The normalized spacial score (nSPS) is 19.9. The Balaban J connectivity index is 1.40. The third kappa shape index (κ3) is 6.01. The van der Waals surface area contributed by atoms with Gasteiger partial charge in [-0.2, -0.15) is 0 Å². The molecule has 1 unspecified atom stereocenters. The zero-order valence-corrected chi connectivity index (χ0v) is 29.4. The molecule has 2 atom stereocenters. The highest BCUT2D eigenvalue weighted by atomic mass is 15.1. The van der Waals surface area contributed by atoms with Gasteiger partial charge in [0.05, 0.1) is 5.69 Å². The van der Waals surface area contributed by atoms with Crippen LogP contribution < -0.4 is 0 Å². The van der Waals surface area contributed by atoms with E-state index >= 15 is 0 Å². The average Bonchev–Trinajstić information content (AvgIpc) is 3.55. The summed E-state index contributed by atoms with van der Waals surface area (Å²) in [7, 11) is 0. The molecule has 0 bridgehead atoms. The fourth-order valence-corrected chi connectivity index (χ4v) is 8.51. The van der Waals surface area contributed by atoms with Crippen molar-refractivity contribution < 1.29 is 0 Å². The van der Waals surface area contributed by atoms with E-state index in [4.69, 9.17) is 4.98 Å². The van der Waals surface area contributed by atoms with E-state index in [2.05, 4.69) is 137 Å². The lowest BCUT2D eigenvalue weighted by molar-refractivity contribution is 0.444. The fraction of sp³-hybridized carbons (Fsp3) is 0.400. The van der Waals surface area contributed by atoms with Crippen molar-refractivity contribution in [2.24, 2.45) is 5.92 Å². The molecule has 47 heavy (non-hydrogen) atoms. The van der Waals surface area contributed by atoms with Crippen LogP contribution in [0.15, 0.2) is 97.3 Å². The van der Waals surface area contributed by atoms with Crippen LogP contribution in [0.25, 0.3) is 39.3 Å². The number of hydrogen-bond acceptors (Lipinski definition) is 1. The minimum Gasteiger partial charge on any atom is -0.299 e. The van der Waals surface area contributed by atoms with Gasteiger partial charge >= 0.3 is 0 Å². The third-order valence-corrected chi connectivity index (χ3v) is 11.5. The molecule has 2 aliphatic rings. The van der Waals surface area contributed by atoms with Crippen molar-refractivity contribution in [1.29, 1.82) is 0 Å². The molecule has 5 aromatic rings. The van der Waals surface area contributed by atoms with E-state index in [-0.39, 0.29) is 5.41 Å². The van der Waals surface area contributed by atoms with E-state index in [9.17, 15) is 0 Å². The van der Waals surface area contributed by atoms with Gasteiger partial charge < -0.3 is 0 Å². The van der Waals surface area contributed by atoms with Crippen molar-refractivity contribution in [2.75, 3.05) is 0 Å². The zero-order chi connectivity index (χ0) is 32.7. The van der Waals surface area contributed by atoms with Gasteiger partial charge in [0, 0.05) is 18.0 Å². The van der Waals surface area contributed by atoms with Crippen LogP contribution in [0.5, 0.6) is 0 Å². The van der Waals surface area contributed by atoms with Gasteiger partial charge in [0.2, 0.25) is 0 Å². The molecule has 0 spiro atoms. The molecule has 0 aliphatic heterocycles. The number of nitrogens with zero attached hydrogens (tertiary/aromatic N) is 2. The SMILES string of the molecule is CC[C@H]1CC1(C)c1ccc(-c2cccc(C3CCCCC3)c2)cc1-c1nccn1-c1c(C(C)C)cc(-c2ccccc2)cc1C(C)C. The van der Waals surface area contributed by atoms with E-state index in [0.717, 1.165) is 5.82 Å². The van der Waals surface area contributed by atoms with Crippen molar-refractivity contribution in [3.8, 4) is 39.3 Å². The van der Waals surface area contributed by atoms with Crippen LogP contribution in [0.1, 0.15) is 126 Å². The summed E-state index contributed by atoms with van der Waals surface area (Å²) in [6, 6.07) is 32.4. The molecule has 2 saturated carbocycles. The fourth-order valence-electron chi connectivity index (χ4n) is 8.51. The topological polar surface area (TPSA) is 17.8 Å².